The number of hydrogen-bond donors (Lipinski definition) is 3. The summed E-state index contributed by atoms with van der Waals surface area (Å²) in [5.74, 6) is -2.03. The SMILES string of the molecule is CC(=O)N/C(=C\c1ccccc1)C(=O)NC(CC(C)C)C(=O)O. The second-order valence-corrected chi connectivity index (χ2v) is 5.64. The lowest BCUT2D eigenvalue weighted by molar-refractivity contribution is -0.141. The fourth-order valence-electron chi connectivity index (χ4n) is 1.99. The van der Waals surface area contributed by atoms with E-state index in [0.29, 0.717) is 6.42 Å². The van der Waals surface area contributed by atoms with Crippen molar-refractivity contribution in [3.05, 3.63) is 41.6 Å². The van der Waals surface area contributed by atoms with E-state index in [9.17, 15) is 19.5 Å². The topological polar surface area (TPSA) is 95.5 Å². The molecule has 0 bridgehead atoms. The third-order valence-corrected chi connectivity index (χ3v) is 2.98. The molecular formula is C17H22N2O4. The first-order chi connectivity index (χ1) is 10.8. The second kappa shape index (κ2) is 8.73. The van der Waals surface area contributed by atoms with Gasteiger partial charge in [0.25, 0.3) is 5.91 Å². The zero-order valence-electron chi connectivity index (χ0n) is 13.5. The van der Waals surface area contributed by atoms with Crippen molar-refractivity contribution < 1.29 is 19.5 Å². The molecule has 0 fully saturated rings. The van der Waals surface area contributed by atoms with Gasteiger partial charge in [0.05, 0.1) is 0 Å². The number of carboxylic acids is 1. The summed E-state index contributed by atoms with van der Waals surface area (Å²) in [5, 5.41) is 14.1. The van der Waals surface area contributed by atoms with Gasteiger partial charge in [-0.25, -0.2) is 4.79 Å². The van der Waals surface area contributed by atoms with Crippen LogP contribution in [0.5, 0.6) is 0 Å². The number of amides is 2. The van der Waals surface area contributed by atoms with Gasteiger partial charge >= 0.3 is 5.97 Å². The van der Waals surface area contributed by atoms with Crippen LogP contribution < -0.4 is 10.6 Å². The summed E-state index contributed by atoms with van der Waals surface area (Å²) in [6, 6.07) is 7.98. The van der Waals surface area contributed by atoms with Crippen LogP contribution >= 0.6 is 0 Å². The maximum Gasteiger partial charge on any atom is 0.326 e. The Labute approximate surface area is 135 Å². The minimum atomic E-state index is -1.10. The molecule has 0 aromatic heterocycles. The van der Waals surface area contributed by atoms with E-state index >= 15 is 0 Å². The van der Waals surface area contributed by atoms with E-state index in [2.05, 4.69) is 10.6 Å². The van der Waals surface area contributed by atoms with Gasteiger partial charge in [0.15, 0.2) is 0 Å². The zero-order chi connectivity index (χ0) is 17.4. The quantitative estimate of drug-likeness (QED) is 0.668. The normalized spacial score (nSPS) is 12.6. The number of carbonyl (C=O) groups is 3. The molecule has 23 heavy (non-hydrogen) atoms. The molecule has 124 valence electrons. The third-order valence-electron chi connectivity index (χ3n) is 2.98. The van der Waals surface area contributed by atoms with E-state index in [4.69, 9.17) is 0 Å². The molecule has 0 aliphatic rings. The lowest BCUT2D eigenvalue weighted by Gasteiger charge is -2.17. The van der Waals surface area contributed by atoms with Gasteiger partial charge in [-0.1, -0.05) is 44.2 Å². The number of nitrogens with one attached hydrogen (secondary N) is 2. The van der Waals surface area contributed by atoms with Crippen molar-refractivity contribution in [1.82, 2.24) is 10.6 Å². The number of carboxylic acid groups (broad SMARTS) is 1. The maximum absolute atomic E-state index is 12.3. The molecule has 2 amide bonds. The Morgan fingerprint density at radius 3 is 2.26 bits per heavy atom. The van der Waals surface area contributed by atoms with Crippen LogP contribution in [0.25, 0.3) is 6.08 Å². The van der Waals surface area contributed by atoms with Crippen molar-refractivity contribution in [3.8, 4) is 0 Å². The number of aliphatic carboxylic acids is 1. The van der Waals surface area contributed by atoms with Crippen LogP contribution in [0.15, 0.2) is 36.0 Å². The largest absolute Gasteiger partial charge is 0.480 e. The minimum Gasteiger partial charge on any atom is -0.480 e. The first kappa shape index (κ1) is 18.4. The Balaban J connectivity index is 2.97. The molecule has 1 aromatic carbocycles. The molecule has 0 saturated carbocycles. The Morgan fingerprint density at radius 1 is 1.17 bits per heavy atom. The Kier molecular flexibility index (Phi) is 6.99. The molecule has 1 aromatic rings. The first-order valence-electron chi connectivity index (χ1n) is 7.37. The third kappa shape index (κ3) is 6.78. The van der Waals surface area contributed by atoms with Gasteiger partial charge in [0, 0.05) is 6.92 Å². The fourth-order valence-corrected chi connectivity index (χ4v) is 1.99. The molecule has 6 heteroatoms. The summed E-state index contributed by atoms with van der Waals surface area (Å²) in [7, 11) is 0. The summed E-state index contributed by atoms with van der Waals surface area (Å²) in [4.78, 5) is 34.9. The van der Waals surface area contributed by atoms with Crippen molar-refractivity contribution in [2.24, 2.45) is 5.92 Å². The van der Waals surface area contributed by atoms with Crippen LogP contribution in [0.2, 0.25) is 0 Å². The molecule has 3 N–H and O–H groups in total. The number of carbonyl (C=O) groups excluding carboxylic acids is 2. The van der Waals surface area contributed by atoms with Crippen LogP contribution in [0.4, 0.5) is 0 Å². The van der Waals surface area contributed by atoms with E-state index in [1.807, 2.05) is 19.9 Å². The van der Waals surface area contributed by atoms with E-state index < -0.39 is 23.8 Å². The van der Waals surface area contributed by atoms with Crippen molar-refractivity contribution in [1.29, 1.82) is 0 Å². The molecule has 0 saturated heterocycles. The van der Waals surface area contributed by atoms with Gasteiger partial charge in [0.2, 0.25) is 5.91 Å². The van der Waals surface area contributed by atoms with Crippen molar-refractivity contribution in [3.63, 3.8) is 0 Å². The molecule has 0 spiro atoms. The second-order valence-electron chi connectivity index (χ2n) is 5.64. The molecule has 1 rings (SSSR count). The van der Waals surface area contributed by atoms with Crippen LogP contribution in [0.3, 0.4) is 0 Å². The van der Waals surface area contributed by atoms with Gasteiger partial charge in [0.1, 0.15) is 11.7 Å². The summed E-state index contributed by atoms with van der Waals surface area (Å²) in [6.45, 7) is 5.03. The molecule has 6 nitrogen and oxygen atoms in total. The number of rotatable bonds is 7. The Bertz CT molecular complexity index is 594. The highest BCUT2D eigenvalue weighted by Crippen LogP contribution is 2.08. The van der Waals surface area contributed by atoms with Crippen LogP contribution in [0, 0.1) is 5.92 Å². The van der Waals surface area contributed by atoms with Crippen LogP contribution in [0.1, 0.15) is 32.8 Å². The van der Waals surface area contributed by atoms with E-state index in [1.165, 1.54) is 13.0 Å². The highest BCUT2D eigenvalue weighted by molar-refractivity contribution is 6.02. The molecule has 0 aliphatic carbocycles. The van der Waals surface area contributed by atoms with Gasteiger partial charge in [-0.3, -0.25) is 9.59 Å². The molecule has 0 radical (unpaired) electrons. The predicted molar refractivity (Wildman–Crippen MR) is 87.3 cm³/mol. The predicted octanol–water partition coefficient (Wildman–Crippen LogP) is 1.78. The summed E-state index contributed by atoms with van der Waals surface area (Å²) < 4.78 is 0. The van der Waals surface area contributed by atoms with Gasteiger partial charge in [-0.15, -0.1) is 0 Å². The van der Waals surface area contributed by atoms with Gasteiger partial charge in [-0.2, -0.15) is 0 Å². The molecule has 0 aliphatic heterocycles. The number of benzene rings is 1. The van der Waals surface area contributed by atoms with E-state index in [0.717, 1.165) is 5.56 Å². The molecule has 1 atom stereocenters. The van der Waals surface area contributed by atoms with E-state index in [-0.39, 0.29) is 11.6 Å². The van der Waals surface area contributed by atoms with Crippen molar-refractivity contribution in [2.75, 3.05) is 0 Å². The average Bonchev–Trinajstić information content (AvgIpc) is 2.45. The number of hydrogen-bond acceptors (Lipinski definition) is 3. The van der Waals surface area contributed by atoms with Crippen molar-refractivity contribution >= 4 is 23.9 Å². The Hall–Kier alpha value is -2.63. The molecule has 0 heterocycles. The Morgan fingerprint density at radius 2 is 1.78 bits per heavy atom. The van der Waals surface area contributed by atoms with Gasteiger partial charge < -0.3 is 15.7 Å². The highest BCUT2D eigenvalue weighted by Gasteiger charge is 2.23. The minimum absolute atomic E-state index is 0.0127. The highest BCUT2D eigenvalue weighted by atomic mass is 16.4. The smallest absolute Gasteiger partial charge is 0.326 e. The summed E-state index contributed by atoms with van der Waals surface area (Å²) >= 11 is 0. The fraction of sp³-hybridized carbons (Fsp3) is 0.353. The maximum atomic E-state index is 12.3. The zero-order valence-corrected chi connectivity index (χ0v) is 13.5. The lowest BCUT2D eigenvalue weighted by Crippen LogP contribution is -2.44. The lowest BCUT2D eigenvalue weighted by atomic mass is 10.0. The molecule has 1 unspecified atom stereocenters. The summed E-state index contributed by atoms with van der Waals surface area (Å²) in [6.07, 6.45) is 1.81. The average molecular weight is 318 g/mol. The van der Waals surface area contributed by atoms with Crippen molar-refractivity contribution in [2.45, 2.75) is 33.2 Å². The van der Waals surface area contributed by atoms with Crippen LogP contribution in [-0.4, -0.2) is 28.9 Å². The molecular weight excluding hydrogens is 296 g/mol. The van der Waals surface area contributed by atoms with E-state index in [1.54, 1.807) is 24.3 Å². The van der Waals surface area contributed by atoms with Crippen LogP contribution in [-0.2, 0) is 14.4 Å². The monoisotopic (exact) mass is 318 g/mol. The first-order valence-corrected chi connectivity index (χ1v) is 7.37. The standard InChI is InChI=1S/C17H22N2O4/c1-11(2)9-15(17(22)23)19-16(21)14(18-12(3)20)10-13-7-5-4-6-8-13/h4-8,10-11,15H,9H2,1-3H3,(H,18,20)(H,19,21)(H,22,23)/b14-10-. The summed E-state index contributed by atoms with van der Waals surface area (Å²) in [5.41, 5.74) is 0.737. The van der Waals surface area contributed by atoms with Gasteiger partial charge in [-0.05, 0) is 24.0 Å².